The minimum absolute atomic E-state index is 0.0993. The summed E-state index contributed by atoms with van der Waals surface area (Å²) in [4.78, 5) is 25.5. The lowest BCUT2D eigenvalue weighted by molar-refractivity contribution is -0.881. The summed E-state index contributed by atoms with van der Waals surface area (Å²) in [5.41, 5.74) is 1.61. The van der Waals surface area contributed by atoms with Crippen molar-refractivity contribution in [2.24, 2.45) is 0 Å². The summed E-state index contributed by atoms with van der Waals surface area (Å²) in [6.45, 7) is 3.47. The summed E-state index contributed by atoms with van der Waals surface area (Å²) in [6.07, 6.45) is 0. The van der Waals surface area contributed by atoms with Gasteiger partial charge in [0.1, 0.15) is 11.5 Å². The van der Waals surface area contributed by atoms with Crippen LogP contribution in [-0.2, 0) is 16.1 Å². The number of para-hydroxylation sites is 2. The number of quaternary nitrogens is 1. The van der Waals surface area contributed by atoms with Gasteiger partial charge in [0.2, 0.25) is 0 Å². The molecule has 2 aromatic carbocycles. The van der Waals surface area contributed by atoms with Crippen LogP contribution in [0.4, 0.5) is 5.69 Å². The monoisotopic (exact) mass is 386 g/mol. The molecule has 2 amide bonds. The van der Waals surface area contributed by atoms with Gasteiger partial charge in [0.05, 0.1) is 26.5 Å². The zero-order valence-electron chi connectivity index (χ0n) is 16.6. The number of carbonyl (C=O) groups is 2. The van der Waals surface area contributed by atoms with E-state index in [-0.39, 0.29) is 24.9 Å². The molecule has 0 spiro atoms. The van der Waals surface area contributed by atoms with Gasteiger partial charge in [0, 0.05) is 6.54 Å². The number of hydrogen-bond donors (Lipinski definition) is 3. The minimum Gasteiger partial charge on any atom is -0.497 e. The van der Waals surface area contributed by atoms with Crippen molar-refractivity contribution in [2.45, 2.75) is 13.5 Å². The van der Waals surface area contributed by atoms with E-state index in [1.165, 1.54) is 0 Å². The first kappa shape index (κ1) is 21.2. The molecule has 3 N–H and O–H groups in total. The van der Waals surface area contributed by atoms with E-state index in [4.69, 9.17) is 9.47 Å². The Morgan fingerprint density at radius 1 is 0.929 bits per heavy atom. The van der Waals surface area contributed by atoms with E-state index in [9.17, 15) is 9.59 Å². The van der Waals surface area contributed by atoms with Crippen molar-refractivity contribution in [1.29, 1.82) is 0 Å². The Labute approximate surface area is 165 Å². The van der Waals surface area contributed by atoms with Crippen LogP contribution in [0.1, 0.15) is 12.5 Å². The summed E-state index contributed by atoms with van der Waals surface area (Å²) in [6, 6.07) is 14.8. The van der Waals surface area contributed by atoms with Crippen LogP contribution in [0, 0.1) is 0 Å². The summed E-state index contributed by atoms with van der Waals surface area (Å²) >= 11 is 0. The average molecular weight is 386 g/mol. The maximum absolute atomic E-state index is 12.3. The van der Waals surface area contributed by atoms with Crippen LogP contribution in [0.5, 0.6) is 11.5 Å². The predicted molar refractivity (Wildman–Crippen MR) is 108 cm³/mol. The molecule has 0 saturated heterocycles. The van der Waals surface area contributed by atoms with Crippen LogP contribution in [0.2, 0.25) is 0 Å². The number of anilines is 1. The van der Waals surface area contributed by atoms with Gasteiger partial charge in [-0.25, -0.2) is 0 Å². The van der Waals surface area contributed by atoms with E-state index in [2.05, 4.69) is 10.6 Å². The highest BCUT2D eigenvalue weighted by Crippen LogP contribution is 2.22. The first-order chi connectivity index (χ1) is 13.5. The molecular formula is C21H28N3O4+. The summed E-state index contributed by atoms with van der Waals surface area (Å²) < 4.78 is 10.4. The number of benzene rings is 2. The standard InChI is InChI=1S/C21H27N3O4/c1-4-24(15-21(26)23-18-7-5-6-8-19(18)28-3)14-20(25)22-13-16-9-11-17(27-2)12-10-16/h5-12H,4,13-15H2,1-3H3,(H,22,25)(H,23,26)/p+1. The zero-order chi connectivity index (χ0) is 20.4. The van der Waals surface area contributed by atoms with Gasteiger partial charge in [-0.1, -0.05) is 24.3 Å². The molecule has 0 bridgehead atoms. The Kier molecular flexibility index (Phi) is 8.30. The second-order valence-corrected chi connectivity index (χ2v) is 6.33. The average Bonchev–Trinajstić information content (AvgIpc) is 2.72. The molecule has 1 unspecified atom stereocenters. The third-order valence-corrected chi connectivity index (χ3v) is 4.35. The van der Waals surface area contributed by atoms with Crippen LogP contribution in [0.3, 0.4) is 0 Å². The third-order valence-electron chi connectivity index (χ3n) is 4.35. The Hall–Kier alpha value is -3.06. The lowest BCUT2D eigenvalue weighted by atomic mass is 10.2. The molecule has 150 valence electrons. The number of likely N-dealkylation sites (N-methyl/N-ethyl adjacent to an activating group) is 1. The molecule has 0 heterocycles. The van der Waals surface area contributed by atoms with E-state index in [0.717, 1.165) is 16.2 Å². The van der Waals surface area contributed by atoms with Crippen molar-refractivity contribution in [1.82, 2.24) is 5.32 Å². The first-order valence-corrected chi connectivity index (χ1v) is 9.21. The number of ether oxygens (including phenoxy) is 2. The van der Waals surface area contributed by atoms with Crippen LogP contribution in [0.15, 0.2) is 48.5 Å². The molecule has 0 radical (unpaired) electrons. The Morgan fingerprint density at radius 2 is 1.61 bits per heavy atom. The maximum atomic E-state index is 12.3. The van der Waals surface area contributed by atoms with Gasteiger partial charge in [-0.05, 0) is 36.8 Å². The van der Waals surface area contributed by atoms with E-state index < -0.39 is 0 Å². The van der Waals surface area contributed by atoms with Crippen molar-refractivity contribution in [3.63, 3.8) is 0 Å². The van der Waals surface area contributed by atoms with Gasteiger partial charge in [-0.2, -0.15) is 0 Å². The number of hydrogen-bond acceptors (Lipinski definition) is 4. The molecule has 0 aliphatic carbocycles. The molecule has 7 heteroatoms. The number of methoxy groups -OCH3 is 2. The van der Waals surface area contributed by atoms with Crippen LogP contribution < -0.4 is 25.0 Å². The molecule has 0 aromatic heterocycles. The van der Waals surface area contributed by atoms with Gasteiger partial charge in [0.25, 0.3) is 11.8 Å². The quantitative estimate of drug-likeness (QED) is 0.566. The van der Waals surface area contributed by atoms with Crippen molar-refractivity contribution >= 4 is 17.5 Å². The normalized spacial score (nSPS) is 11.4. The van der Waals surface area contributed by atoms with Gasteiger partial charge in [0.15, 0.2) is 13.1 Å². The topological polar surface area (TPSA) is 81.1 Å². The van der Waals surface area contributed by atoms with Crippen LogP contribution >= 0.6 is 0 Å². The largest absolute Gasteiger partial charge is 0.497 e. The number of nitrogens with one attached hydrogen (secondary N) is 3. The molecule has 0 aliphatic heterocycles. The van der Waals surface area contributed by atoms with Crippen molar-refractivity contribution in [3.05, 3.63) is 54.1 Å². The molecule has 0 fully saturated rings. The summed E-state index contributed by atoms with van der Waals surface area (Å²) in [5, 5.41) is 5.73. The lowest BCUT2D eigenvalue weighted by Crippen LogP contribution is -3.13. The Bertz CT molecular complexity index is 777. The molecular weight excluding hydrogens is 358 g/mol. The first-order valence-electron chi connectivity index (χ1n) is 9.21. The van der Waals surface area contributed by atoms with Crippen LogP contribution in [-0.4, -0.2) is 45.7 Å². The fraction of sp³-hybridized carbons (Fsp3) is 0.333. The fourth-order valence-electron chi connectivity index (χ4n) is 2.72. The van der Waals surface area contributed by atoms with Crippen molar-refractivity contribution in [3.8, 4) is 11.5 Å². The van der Waals surface area contributed by atoms with Gasteiger partial charge >= 0.3 is 0 Å². The van der Waals surface area contributed by atoms with Crippen molar-refractivity contribution in [2.75, 3.05) is 39.2 Å². The molecule has 7 nitrogen and oxygen atoms in total. The summed E-state index contributed by atoms with van der Waals surface area (Å²) in [5.74, 6) is 1.12. The van der Waals surface area contributed by atoms with Gasteiger partial charge in [-0.3, -0.25) is 9.59 Å². The van der Waals surface area contributed by atoms with E-state index in [0.29, 0.717) is 24.5 Å². The smallest absolute Gasteiger partial charge is 0.279 e. The minimum atomic E-state index is -0.163. The third kappa shape index (κ3) is 6.59. The second kappa shape index (κ2) is 10.9. The SMILES string of the molecule is CC[NH+](CC(=O)NCc1ccc(OC)cc1)CC(=O)Nc1ccccc1OC. The molecule has 2 aromatic rings. The lowest BCUT2D eigenvalue weighted by Gasteiger charge is -2.17. The van der Waals surface area contributed by atoms with Gasteiger partial charge in [-0.15, -0.1) is 0 Å². The predicted octanol–water partition coefficient (Wildman–Crippen LogP) is 0.864. The van der Waals surface area contributed by atoms with Gasteiger partial charge < -0.3 is 25.0 Å². The highest BCUT2D eigenvalue weighted by molar-refractivity contribution is 5.93. The van der Waals surface area contributed by atoms with E-state index in [1.807, 2.05) is 43.3 Å². The zero-order valence-corrected chi connectivity index (χ0v) is 16.6. The molecule has 0 saturated carbocycles. The molecule has 28 heavy (non-hydrogen) atoms. The summed E-state index contributed by atoms with van der Waals surface area (Å²) in [7, 11) is 3.17. The molecule has 2 rings (SSSR count). The number of amides is 2. The van der Waals surface area contributed by atoms with Crippen molar-refractivity contribution < 1.29 is 24.0 Å². The van der Waals surface area contributed by atoms with E-state index >= 15 is 0 Å². The number of carbonyl (C=O) groups excluding carboxylic acids is 2. The fourth-order valence-corrected chi connectivity index (χ4v) is 2.72. The Balaban J connectivity index is 1.81. The molecule has 1 atom stereocenters. The number of rotatable bonds is 10. The highest BCUT2D eigenvalue weighted by atomic mass is 16.5. The van der Waals surface area contributed by atoms with Crippen LogP contribution in [0.25, 0.3) is 0 Å². The second-order valence-electron chi connectivity index (χ2n) is 6.33. The highest BCUT2D eigenvalue weighted by Gasteiger charge is 2.17. The molecule has 0 aliphatic rings. The van der Waals surface area contributed by atoms with E-state index in [1.54, 1.807) is 26.4 Å². The Morgan fingerprint density at radius 3 is 2.25 bits per heavy atom. The maximum Gasteiger partial charge on any atom is 0.279 e.